The summed E-state index contributed by atoms with van der Waals surface area (Å²) in [5.74, 6) is 0. The second kappa shape index (κ2) is 5.55. The summed E-state index contributed by atoms with van der Waals surface area (Å²) in [7, 11) is -1.30. The van der Waals surface area contributed by atoms with Crippen LogP contribution in [-0.4, -0.2) is 8.07 Å². The van der Waals surface area contributed by atoms with Crippen molar-refractivity contribution in [3.05, 3.63) is 22.5 Å². The molecule has 0 aliphatic rings. The zero-order valence-electron chi connectivity index (χ0n) is 10.9. The Labute approximate surface area is 91.1 Å². The predicted molar refractivity (Wildman–Crippen MR) is 70.2 cm³/mol. The Balaban J connectivity index is 5.20. The molecule has 0 rings (SSSR count). The summed E-state index contributed by atoms with van der Waals surface area (Å²) in [5.41, 5.74) is 8.88. The number of hydrogen-bond acceptors (Lipinski definition) is 0. The molecule has 0 nitrogen and oxygen atoms in total. The second-order valence-electron chi connectivity index (χ2n) is 5.06. The van der Waals surface area contributed by atoms with Crippen molar-refractivity contribution < 1.29 is 0 Å². The van der Waals surface area contributed by atoms with Crippen LogP contribution in [0.3, 0.4) is 0 Å². The minimum atomic E-state index is -1.30. The first-order valence-corrected chi connectivity index (χ1v) is 8.10. The van der Waals surface area contributed by atoms with Crippen LogP contribution in [0.15, 0.2) is 22.5 Å². The summed E-state index contributed by atoms with van der Waals surface area (Å²) in [5, 5.41) is 0. The monoisotopic (exact) mass is 210 g/mol. The van der Waals surface area contributed by atoms with Gasteiger partial charge in [-0.15, -0.1) is 0 Å². The summed E-state index contributed by atoms with van der Waals surface area (Å²) in [4.78, 5) is 0. The maximum absolute atomic E-state index is 2.56. The van der Waals surface area contributed by atoms with Crippen LogP contribution >= 0.6 is 0 Å². The SMILES string of the molecule is CC[Si](C=C(C)C)(C=C(C)C)C(C)C. The number of hydrogen-bond donors (Lipinski definition) is 0. The molecule has 0 aromatic heterocycles. The fourth-order valence-corrected chi connectivity index (χ4v) is 6.19. The van der Waals surface area contributed by atoms with Crippen molar-refractivity contribution >= 4 is 8.07 Å². The first kappa shape index (κ1) is 13.7. The van der Waals surface area contributed by atoms with Gasteiger partial charge in [0.15, 0.2) is 0 Å². The van der Waals surface area contributed by atoms with Crippen LogP contribution < -0.4 is 0 Å². The first-order valence-electron chi connectivity index (χ1n) is 5.66. The highest BCUT2D eigenvalue weighted by Gasteiger charge is 2.29. The van der Waals surface area contributed by atoms with Gasteiger partial charge in [0.2, 0.25) is 0 Å². The number of rotatable bonds is 4. The fraction of sp³-hybridized carbons (Fsp3) is 0.692. The second-order valence-corrected chi connectivity index (χ2v) is 9.73. The van der Waals surface area contributed by atoms with Crippen molar-refractivity contribution in [1.82, 2.24) is 0 Å². The molecule has 0 atom stereocenters. The zero-order chi connectivity index (χ0) is 11.4. The van der Waals surface area contributed by atoms with Crippen molar-refractivity contribution in [2.75, 3.05) is 0 Å². The molecule has 0 N–H and O–H groups in total. The summed E-state index contributed by atoms with van der Waals surface area (Å²) in [6.45, 7) is 16.0. The lowest BCUT2D eigenvalue weighted by Crippen LogP contribution is -2.33. The van der Waals surface area contributed by atoms with Crippen molar-refractivity contribution in [2.24, 2.45) is 0 Å². The maximum atomic E-state index is 2.56. The van der Waals surface area contributed by atoms with E-state index in [1.165, 1.54) is 17.2 Å². The molecule has 0 bridgehead atoms. The van der Waals surface area contributed by atoms with Crippen LogP contribution in [0.5, 0.6) is 0 Å². The Hall–Kier alpha value is -0.303. The molecule has 0 spiro atoms. The Morgan fingerprint density at radius 1 is 1.00 bits per heavy atom. The summed E-state index contributed by atoms with van der Waals surface area (Å²) < 4.78 is 0. The molecule has 0 amide bonds. The lowest BCUT2D eigenvalue weighted by atomic mass is 10.4. The minimum absolute atomic E-state index is 0.803. The molecule has 0 fully saturated rings. The van der Waals surface area contributed by atoms with E-state index in [0.717, 1.165) is 5.54 Å². The standard InChI is InChI=1S/C13H26Si/c1-8-14(13(6)7,9-11(2)3)10-12(4)5/h9-10,13H,8H2,1-7H3. The van der Waals surface area contributed by atoms with Crippen molar-refractivity contribution in [2.45, 2.75) is 60.1 Å². The minimum Gasteiger partial charge on any atom is -0.0915 e. The van der Waals surface area contributed by atoms with Gasteiger partial charge in [0, 0.05) is 0 Å². The quantitative estimate of drug-likeness (QED) is 0.580. The molecule has 0 saturated carbocycles. The Morgan fingerprint density at radius 3 is 1.50 bits per heavy atom. The molecule has 0 radical (unpaired) electrons. The van der Waals surface area contributed by atoms with Gasteiger partial charge in [-0.25, -0.2) is 0 Å². The molecule has 0 aromatic rings. The van der Waals surface area contributed by atoms with Gasteiger partial charge < -0.3 is 0 Å². The normalized spacial score (nSPS) is 11.4. The third kappa shape index (κ3) is 3.83. The van der Waals surface area contributed by atoms with Crippen molar-refractivity contribution in [3.63, 3.8) is 0 Å². The zero-order valence-corrected chi connectivity index (χ0v) is 11.9. The van der Waals surface area contributed by atoms with Crippen LogP contribution in [0.4, 0.5) is 0 Å². The van der Waals surface area contributed by atoms with Crippen LogP contribution in [0.2, 0.25) is 11.6 Å². The molecule has 0 aliphatic carbocycles. The van der Waals surface area contributed by atoms with E-state index in [0.29, 0.717) is 0 Å². The lowest BCUT2D eigenvalue weighted by Gasteiger charge is -2.29. The van der Waals surface area contributed by atoms with E-state index >= 15 is 0 Å². The molecular formula is C13H26Si. The van der Waals surface area contributed by atoms with Crippen LogP contribution in [0.1, 0.15) is 48.5 Å². The molecule has 0 unspecified atom stereocenters. The average molecular weight is 210 g/mol. The van der Waals surface area contributed by atoms with Gasteiger partial charge in [-0.05, 0) is 33.2 Å². The fourth-order valence-electron chi connectivity index (χ4n) is 2.06. The van der Waals surface area contributed by atoms with E-state index in [4.69, 9.17) is 0 Å². The van der Waals surface area contributed by atoms with E-state index in [-0.39, 0.29) is 0 Å². The molecule has 0 heterocycles. The van der Waals surface area contributed by atoms with Gasteiger partial charge in [-0.1, -0.05) is 49.4 Å². The van der Waals surface area contributed by atoms with E-state index in [2.05, 4.69) is 59.9 Å². The van der Waals surface area contributed by atoms with Gasteiger partial charge in [0.25, 0.3) is 0 Å². The smallest absolute Gasteiger partial charge is 0.0915 e. The highest BCUT2D eigenvalue weighted by Crippen LogP contribution is 2.29. The average Bonchev–Trinajstić information content (AvgIpc) is 2.00. The number of allylic oxidation sites excluding steroid dienone is 2. The highest BCUT2D eigenvalue weighted by molar-refractivity contribution is 6.90. The molecule has 14 heavy (non-hydrogen) atoms. The van der Waals surface area contributed by atoms with E-state index in [1.54, 1.807) is 0 Å². The van der Waals surface area contributed by atoms with Gasteiger partial charge in [-0.3, -0.25) is 0 Å². The summed E-state index contributed by atoms with van der Waals surface area (Å²) in [6.07, 6.45) is 0. The third-order valence-electron chi connectivity index (χ3n) is 2.80. The van der Waals surface area contributed by atoms with Gasteiger partial charge in [-0.2, -0.15) is 0 Å². The largest absolute Gasteiger partial charge is 0.104 e. The Morgan fingerprint density at radius 2 is 1.36 bits per heavy atom. The van der Waals surface area contributed by atoms with Crippen LogP contribution in [-0.2, 0) is 0 Å². The Kier molecular flexibility index (Phi) is 5.43. The Bertz CT molecular complexity index is 208. The third-order valence-corrected chi connectivity index (χ3v) is 8.41. The molecular weight excluding hydrogens is 184 g/mol. The van der Waals surface area contributed by atoms with Gasteiger partial charge in [0.1, 0.15) is 8.07 Å². The lowest BCUT2D eigenvalue weighted by molar-refractivity contribution is 1.00. The molecule has 0 aliphatic heterocycles. The molecule has 0 saturated heterocycles. The topological polar surface area (TPSA) is 0 Å². The van der Waals surface area contributed by atoms with E-state index in [9.17, 15) is 0 Å². The first-order chi connectivity index (χ1) is 6.34. The van der Waals surface area contributed by atoms with E-state index < -0.39 is 8.07 Å². The van der Waals surface area contributed by atoms with Gasteiger partial charge >= 0.3 is 0 Å². The molecule has 0 aromatic carbocycles. The van der Waals surface area contributed by atoms with E-state index in [1.807, 2.05) is 0 Å². The van der Waals surface area contributed by atoms with Crippen molar-refractivity contribution in [1.29, 1.82) is 0 Å². The maximum Gasteiger partial charge on any atom is 0.104 e. The molecule has 82 valence electrons. The van der Waals surface area contributed by atoms with Crippen molar-refractivity contribution in [3.8, 4) is 0 Å². The summed E-state index contributed by atoms with van der Waals surface area (Å²) in [6, 6.07) is 1.32. The predicted octanol–water partition coefficient (Wildman–Crippen LogP) is 4.88. The van der Waals surface area contributed by atoms with Crippen LogP contribution in [0.25, 0.3) is 0 Å². The highest BCUT2D eigenvalue weighted by atomic mass is 28.3. The summed E-state index contributed by atoms with van der Waals surface area (Å²) >= 11 is 0. The van der Waals surface area contributed by atoms with Crippen LogP contribution in [0, 0.1) is 0 Å². The molecule has 1 heteroatoms. The van der Waals surface area contributed by atoms with Gasteiger partial charge in [0.05, 0.1) is 0 Å².